The van der Waals surface area contributed by atoms with Crippen molar-refractivity contribution in [2.45, 2.75) is 123 Å². The summed E-state index contributed by atoms with van der Waals surface area (Å²) in [6.07, 6.45) is 13.0. The summed E-state index contributed by atoms with van der Waals surface area (Å²) in [7, 11) is -3.80. The fourth-order valence-corrected chi connectivity index (χ4v) is 12.7. The minimum atomic E-state index is -3.80. The van der Waals surface area contributed by atoms with Gasteiger partial charge < -0.3 is 15.5 Å². The van der Waals surface area contributed by atoms with Crippen LogP contribution in [0.3, 0.4) is 0 Å². The van der Waals surface area contributed by atoms with Gasteiger partial charge in [0.2, 0.25) is 0 Å². The fourth-order valence-electron chi connectivity index (χ4n) is 11.6. The van der Waals surface area contributed by atoms with Gasteiger partial charge in [-0.05, 0) is 135 Å². The summed E-state index contributed by atoms with van der Waals surface area (Å²) in [5.74, 6) is 2.99. The molecule has 6 rings (SSSR count). The lowest BCUT2D eigenvalue weighted by Gasteiger charge is -2.64. The molecule has 5 saturated carbocycles. The standard InChI is InChI=1S/C33H57N3O5S/c1-5-23-27-20-22(37)8-11-32(27,4)26-9-12-31(3)24(6-7-25(31)28(26)29(23)38)21(2)10-17-34-30(39)35-42(40,41)36-18-15-33(13-14-33)16-19-36/h21-29,37-38H,5-20H2,1-4H3,(H2,34,35,39)/t21-,22-,23-,24-,25+,26+,27+,28+,29-,31-,32-/m1/s1. The van der Waals surface area contributed by atoms with Crippen molar-refractivity contribution >= 4 is 16.2 Å². The van der Waals surface area contributed by atoms with Crippen LogP contribution in [0.2, 0.25) is 0 Å². The van der Waals surface area contributed by atoms with Crippen LogP contribution in [0.1, 0.15) is 111 Å². The molecule has 240 valence electrons. The van der Waals surface area contributed by atoms with Crippen LogP contribution in [0, 0.1) is 57.7 Å². The molecule has 1 heterocycles. The number of amides is 2. The van der Waals surface area contributed by atoms with E-state index >= 15 is 0 Å². The highest BCUT2D eigenvalue weighted by Crippen LogP contribution is 2.69. The van der Waals surface area contributed by atoms with Gasteiger partial charge in [0.1, 0.15) is 0 Å². The first kappa shape index (κ1) is 31.1. The predicted molar refractivity (Wildman–Crippen MR) is 163 cm³/mol. The molecule has 6 aliphatic rings. The summed E-state index contributed by atoms with van der Waals surface area (Å²) < 4.78 is 29.2. The number of hydrogen-bond acceptors (Lipinski definition) is 5. The van der Waals surface area contributed by atoms with Crippen LogP contribution in [-0.4, -0.2) is 60.8 Å². The zero-order valence-electron chi connectivity index (χ0n) is 26.5. The van der Waals surface area contributed by atoms with Gasteiger partial charge in [0, 0.05) is 19.6 Å². The lowest BCUT2D eigenvalue weighted by molar-refractivity contribution is -0.203. The Morgan fingerprint density at radius 2 is 1.60 bits per heavy atom. The molecule has 1 spiro atoms. The van der Waals surface area contributed by atoms with Crippen molar-refractivity contribution in [3.8, 4) is 0 Å². The van der Waals surface area contributed by atoms with Gasteiger partial charge >= 0.3 is 16.2 Å². The van der Waals surface area contributed by atoms with Crippen LogP contribution in [0.15, 0.2) is 0 Å². The third-order valence-corrected chi connectivity index (χ3v) is 15.8. The van der Waals surface area contributed by atoms with Gasteiger partial charge in [-0.1, -0.05) is 34.1 Å². The van der Waals surface area contributed by atoms with Crippen molar-refractivity contribution in [1.82, 2.24) is 14.3 Å². The topological polar surface area (TPSA) is 119 Å². The molecule has 2 amide bonds. The summed E-state index contributed by atoms with van der Waals surface area (Å²) in [4.78, 5) is 12.6. The van der Waals surface area contributed by atoms with Crippen LogP contribution in [0.25, 0.3) is 0 Å². The lowest BCUT2D eigenvalue weighted by Crippen LogP contribution is -2.62. The van der Waals surface area contributed by atoms with E-state index in [4.69, 9.17) is 0 Å². The van der Waals surface area contributed by atoms with E-state index in [2.05, 4.69) is 37.7 Å². The molecule has 6 fully saturated rings. The molecular weight excluding hydrogens is 550 g/mol. The van der Waals surface area contributed by atoms with Crippen LogP contribution < -0.4 is 10.0 Å². The number of piperidine rings is 1. The summed E-state index contributed by atoms with van der Waals surface area (Å²) in [5.41, 5.74) is 0.766. The molecule has 0 bridgehead atoms. The Morgan fingerprint density at radius 1 is 0.929 bits per heavy atom. The number of urea groups is 1. The number of carbonyl (C=O) groups is 1. The normalized spacial score (nSPS) is 45.4. The second-order valence-corrected chi connectivity index (χ2v) is 17.8. The maximum atomic E-state index is 12.8. The summed E-state index contributed by atoms with van der Waals surface area (Å²) in [6.45, 7) is 10.9. The van der Waals surface area contributed by atoms with Gasteiger partial charge in [-0.3, -0.25) is 0 Å². The van der Waals surface area contributed by atoms with E-state index in [0.717, 1.165) is 64.2 Å². The minimum absolute atomic E-state index is 0.177. The Morgan fingerprint density at radius 3 is 2.26 bits per heavy atom. The highest BCUT2D eigenvalue weighted by molar-refractivity contribution is 7.87. The summed E-state index contributed by atoms with van der Waals surface area (Å²) in [5, 5.41) is 25.3. The molecule has 0 unspecified atom stereocenters. The Hall–Kier alpha value is -0.900. The van der Waals surface area contributed by atoms with Crippen LogP contribution in [-0.2, 0) is 10.2 Å². The first-order valence-corrected chi connectivity index (χ1v) is 18.7. The second kappa shape index (κ2) is 11.2. The van der Waals surface area contributed by atoms with Gasteiger partial charge in [-0.2, -0.15) is 12.7 Å². The third-order valence-electron chi connectivity index (χ3n) is 14.3. The number of hydrogen-bond donors (Lipinski definition) is 4. The van der Waals surface area contributed by atoms with E-state index in [1.807, 2.05) is 0 Å². The third kappa shape index (κ3) is 5.24. The number of aliphatic hydroxyl groups is 2. The Balaban J connectivity index is 1.05. The quantitative estimate of drug-likeness (QED) is 0.323. The Labute approximate surface area is 254 Å². The smallest absolute Gasteiger partial charge is 0.329 e. The SMILES string of the molecule is CC[C@H]1[C@@H](O)[C@@H]2[C@H](CC[C@]3(C)[C@@H]([C@H](C)CCNC(=O)NS(=O)(=O)N4CCC5(CC4)CC5)CC[C@@H]23)[C@@]2(C)CC[C@@H](O)C[C@@H]12. The predicted octanol–water partition coefficient (Wildman–Crippen LogP) is 5.06. The van der Waals surface area contributed by atoms with Crippen LogP contribution >= 0.6 is 0 Å². The van der Waals surface area contributed by atoms with Crippen molar-refractivity contribution in [2.75, 3.05) is 19.6 Å². The van der Waals surface area contributed by atoms with Gasteiger partial charge in [0.25, 0.3) is 0 Å². The molecule has 5 aliphatic carbocycles. The molecule has 1 saturated heterocycles. The molecule has 9 heteroatoms. The number of carbonyl (C=O) groups excluding carboxylic acids is 1. The summed E-state index contributed by atoms with van der Waals surface area (Å²) >= 11 is 0. The fraction of sp³-hybridized carbons (Fsp3) is 0.970. The monoisotopic (exact) mass is 607 g/mol. The number of fused-ring (bicyclic) bond motifs is 5. The Kier molecular flexibility index (Phi) is 8.27. The molecule has 42 heavy (non-hydrogen) atoms. The molecule has 0 aromatic heterocycles. The van der Waals surface area contributed by atoms with E-state index in [1.165, 1.54) is 23.6 Å². The number of aliphatic hydroxyl groups excluding tert-OH is 2. The molecule has 4 N–H and O–H groups in total. The first-order valence-electron chi connectivity index (χ1n) is 17.3. The molecule has 8 nitrogen and oxygen atoms in total. The van der Waals surface area contributed by atoms with Crippen molar-refractivity contribution in [2.24, 2.45) is 57.7 Å². The van der Waals surface area contributed by atoms with Gasteiger partial charge in [-0.25, -0.2) is 9.52 Å². The average Bonchev–Trinajstić information content (AvgIpc) is 3.58. The molecule has 0 aromatic rings. The average molecular weight is 608 g/mol. The number of rotatable bonds is 7. The molecule has 1 aliphatic heterocycles. The molecule has 0 radical (unpaired) electrons. The first-order chi connectivity index (χ1) is 19.8. The minimum Gasteiger partial charge on any atom is -0.393 e. The van der Waals surface area contributed by atoms with Gasteiger partial charge in [-0.15, -0.1) is 0 Å². The van der Waals surface area contributed by atoms with Gasteiger partial charge in [0.15, 0.2) is 0 Å². The zero-order valence-corrected chi connectivity index (χ0v) is 27.3. The van der Waals surface area contributed by atoms with Crippen LogP contribution in [0.4, 0.5) is 4.79 Å². The maximum Gasteiger partial charge on any atom is 0.329 e. The zero-order chi connectivity index (χ0) is 30.1. The lowest BCUT2D eigenvalue weighted by atomic mass is 9.41. The molecular formula is C33H57N3O5S. The van der Waals surface area contributed by atoms with E-state index in [9.17, 15) is 23.4 Å². The van der Waals surface area contributed by atoms with Crippen molar-refractivity contribution in [3.05, 3.63) is 0 Å². The molecule has 11 atom stereocenters. The van der Waals surface area contributed by atoms with Crippen molar-refractivity contribution in [1.29, 1.82) is 0 Å². The molecule has 0 aromatic carbocycles. The highest BCUT2D eigenvalue weighted by Gasteiger charge is 2.64. The summed E-state index contributed by atoms with van der Waals surface area (Å²) in [6, 6.07) is -0.624. The van der Waals surface area contributed by atoms with Crippen molar-refractivity contribution in [3.63, 3.8) is 0 Å². The van der Waals surface area contributed by atoms with E-state index in [1.54, 1.807) is 0 Å². The van der Waals surface area contributed by atoms with E-state index in [0.29, 0.717) is 60.6 Å². The van der Waals surface area contributed by atoms with E-state index in [-0.39, 0.29) is 29.0 Å². The van der Waals surface area contributed by atoms with E-state index < -0.39 is 16.2 Å². The second-order valence-electron chi connectivity index (χ2n) is 16.1. The van der Waals surface area contributed by atoms with Crippen LogP contribution in [0.5, 0.6) is 0 Å². The Bertz CT molecular complexity index is 1120. The number of nitrogens with one attached hydrogen (secondary N) is 2. The van der Waals surface area contributed by atoms with Crippen molar-refractivity contribution < 1.29 is 23.4 Å². The number of nitrogens with zero attached hydrogens (tertiary/aromatic N) is 1. The maximum absolute atomic E-state index is 12.8. The van der Waals surface area contributed by atoms with Gasteiger partial charge in [0.05, 0.1) is 12.2 Å². The largest absolute Gasteiger partial charge is 0.393 e. The highest BCUT2D eigenvalue weighted by atomic mass is 32.2.